The number of benzene rings is 2. The molecule has 1 aliphatic rings. The smallest absolute Gasteiger partial charge is 0.159 e. The average molecular weight is 329 g/mol. The molecule has 0 amide bonds. The largest absolute Gasteiger partial charge is 0.293 e. The minimum atomic E-state index is 0.830. The molecule has 3 aromatic rings. The zero-order chi connectivity index (χ0) is 17.2. The molecule has 0 radical (unpaired) electrons. The summed E-state index contributed by atoms with van der Waals surface area (Å²) in [7, 11) is 0. The van der Waals surface area contributed by atoms with E-state index in [-0.39, 0.29) is 0 Å². The van der Waals surface area contributed by atoms with Crippen molar-refractivity contribution in [3.8, 4) is 11.4 Å². The second-order valence-corrected chi connectivity index (χ2v) is 6.92. The molecule has 2 aromatic carbocycles. The van der Waals surface area contributed by atoms with Crippen LogP contribution in [0.5, 0.6) is 0 Å². The number of fused-ring (bicyclic) bond motifs is 1. The molecule has 0 saturated carbocycles. The van der Waals surface area contributed by atoms with Gasteiger partial charge in [0.05, 0.1) is 5.69 Å². The third kappa shape index (κ3) is 3.47. The Morgan fingerprint density at radius 2 is 1.80 bits per heavy atom. The van der Waals surface area contributed by atoms with Crippen molar-refractivity contribution in [1.82, 2.24) is 14.9 Å². The average Bonchev–Trinajstić information content (AvgIpc) is 2.64. The lowest BCUT2D eigenvalue weighted by atomic mass is 10.0. The molecule has 25 heavy (non-hydrogen) atoms. The predicted molar refractivity (Wildman–Crippen MR) is 101 cm³/mol. The van der Waals surface area contributed by atoms with Crippen LogP contribution in [0.2, 0.25) is 0 Å². The number of aromatic nitrogens is 2. The first kappa shape index (κ1) is 16.0. The van der Waals surface area contributed by atoms with Gasteiger partial charge in [-0.25, -0.2) is 9.97 Å². The highest BCUT2D eigenvalue weighted by atomic mass is 15.1. The number of aryl methyl sites for hydroxylation is 2. The molecule has 1 aliphatic heterocycles. The molecule has 0 saturated heterocycles. The summed E-state index contributed by atoms with van der Waals surface area (Å²) in [6, 6.07) is 17.1. The van der Waals surface area contributed by atoms with Gasteiger partial charge in [-0.3, -0.25) is 4.90 Å². The summed E-state index contributed by atoms with van der Waals surface area (Å²) in [6.07, 6.45) is 3.04. The lowest BCUT2D eigenvalue weighted by molar-refractivity contribution is 0.241. The fourth-order valence-corrected chi connectivity index (χ4v) is 3.36. The van der Waals surface area contributed by atoms with Crippen LogP contribution in [0.25, 0.3) is 11.4 Å². The van der Waals surface area contributed by atoms with Crippen LogP contribution in [0.3, 0.4) is 0 Å². The van der Waals surface area contributed by atoms with Crippen molar-refractivity contribution in [2.75, 3.05) is 6.54 Å². The van der Waals surface area contributed by atoms with Crippen LogP contribution in [0.15, 0.2) is 54.7 Å². The minimum absolute atomic E-state index is 0.830. The van der Waals surface area contributed by atoms with Crippen molar-refractivity contribution in [2.45, 2.75) is 33.4 Å². The Hall–Kier alpha value is -2.52. The van der Waals surface area contributed by atoms with E-state index in [0.717, 1.165) is 37.4 Å². The summed E-state index contributed by atoms with van der Waals surface area (Å²) in [5, 5.41) is 0. The first-order valence-corrected chi connectivity index (χ1v) is 8.88. The summed E-state index contributed by atoms with van der Waals surface area (Å²) < 4.78 is 0. The van der Waals surface area contributed by atoms with Crippen LogP contribution >= 0.6 is 0 Å². The second-order valence-electron chi connectivity index (χ2n) is 6.92. The van der Waals surface area contributed by atoms with Crippen molar-refractivity contribution in [3.63, 3.8) is 0 Å². The van der Waals surface area contributed by atoms with Gasteiger partial charge in [-0.15, -0.1) is 0 Å². The fourth-order valence-electron chi connectivity index (χ4n) is 3.36. The molecule has 0 aliphatic carbocycles. The molecule has 0 bridgehead atoms. The molecule has 0 atom stereocenters. The van der Waals surface area contributed by atoms with E-state index in [9.17, 15) is 0 Å². The standard InChI is InChI=1S/C22H23N3/c1-16-7-9-18(10-8-16)22-23-13-19-11-12-25(15-21(19)24-22)14-20-6-4-3-5-17(20)2/h3-10,13H,11-12,14-15H2,1-2H3. The topological polar surface area (TPSA) is 29.0 Å². The van der Waals surface area contributed by atoms with Crippen molar-refractivity contribution in [2.24, 2.45) is 0 Å². The minimum Gasteiger partial charge on any atom is -0.293 e. The van der Waals surface area contributed by atoms with Gasteiger partial charge in [0.2, 0.25) is 0 Å². The van der Waals surface area contributed by atoms with Gasteiger partial charge in [-0.1, -0.05) is 54.1 Å². The maximum absolute atomic E-state index is 4.87. The quantitative estimate of drug-likeness (QED) is 0.716. The third-order valence-corrected chi connectivity index (χ3v) is 4.99. The molecule has 3 heteroatoms. The first-order chi connectivity index (χ1) is 12.2. The van der Waals surface area contributed by atoms with Gasteiger partial charge in [0.1, 0.15) is 0 Å². The van der Waals surface area contributed by atoms with E-state index in [1.807, 2.05) is 6.20 Å². The van der Waals surface area contributed by atoms with Gasteiger partial charge in [-0.2, -0.15) is 0 Å². The van der Waals surface area contributed by atoms with Crippen molar-refractivity contribution < 1.29 is 0 Å². The number of hydrogen-bond acceptors (Lipinski definition) is 3. The highest BCUT2D eigenvalue weighted by Gasteiger charge is 2.19. The zero-order valence-corrected chi connectivity index (χ0v) is 14.9. The molecule has 126 valence electrons. The fraction of sp³-hybridized carbons (Fsp3) is 0.273. The van der Waals surface area contributed by atoms with Crippen molar-refractivity contribution in [1.29, 1.82) is 0 Å². The summed E-state index contributed by atoms with van der Waals surface area (Å²) in [5.41, 5.74) is 7.56. The molecule has 0 unspecified atom stereocenters. The summed E-state index contributed by atoms with van der Waals surface area (Å²) in [5.74, 6) is 0.830. The van der Waals surface area contributed by atoms with Gasteiger partial charge >= 0.3 is 0 Å². The van der Waals surface area contributed by atoms with E-state index in [1.54, 1.807) is 0 Å². The molecular weight excluding hydrogens is 306 g/mol. The highest BCUT2D eigenvalue weighted by Crippen LogP contribution is 2.23. The van der Waals surface area contributed by atoms with E-state index >= 15 is 0 Å². The van der Waals surface area contributed by atoms with Gasteiger partial charge in [0.15, 0.2) is 5.82 Å². The van der Waals surface area contributed by atoms with Gasteiger partial charge in [0, 0.05) is 31.4 Å². The van der Waals surface area contributed by atoms with Crippen molar-refractivity contribution in [3.05, 3.63) is 82.7 Å². The number of hydrogen-bond donors (Lipinski definition) is 0. The highest BCUT2D eigenvalue weighted by molar-refractivity contribution is 5.55. The van der Waals surface area contributed by atoms with E-state index in [4.69, 9.17) is 4.98 Å². The van der Waals surface area contributed by atoms with Crippen LogP contribution in [0, 0.1) is 13.8 Å². The molecule has 0 spiro atoms. The van der Waals surface area contributed by atoms with Gasteiger partial charge in [-0.05, 0) is 37.0 Å². The summed E-state index contributed by atoms with van der Waals surface area (Å²) in [4.78, 5) is 11.9. The molecule has 4 rings (SSSR count). The molecule has 2 heterocycles. The Morgan fingerprint density at radius 3 is 2.60 bits per heavy atom. The van der Waals surface area contributed by atoms with E-state index in [1.165, 1.54) is 27.9 Å². The lowest BCUT2D eigenvalue weighted by Gasteiger charge is -2.28. The summed E-state index contributed by atoms with van der Waals surface area (Å²) in [6.45, 7) is 7.22. The molecule has 0 fully saturated rings. The molecule has 1 aromatic heterocycles. The van der Waals surface area contributed by atoms with Crippen LogP contribution in [0.1, 0.15) is 27.9 Å². The normalized spacial score (nSPS) is 14.3. The van der Waals surface area contributed by atoms with Crippen LogP contribution < -0.4 is 0 Å². The van der Waals surface area contributed by atoms with Gasteiger partial charge in [0.25, 0.3) is 0 Å². The maximum atomic E-state index is 4.87. The van der Waals surface area contributed by atoms with E-state index in [0.29, 0.717) is 0 Å². The maximum Gasteiger partial charge on any atom is 0.159 e. The van der Waals surface area contributed by atoms with Crippen LogP contribution in [-0.2, 0) is 19.5 Å². The molecular formula is C22H23N3. The Bertz CT molecular complexity index is 884. The SMILES string of the molecule is Cc1ccc(-c2ncc3c(n2)CN(Cc2ccccc2C)CC3)cc1. The monoisotopic (exact) mass is 329 g/mol. The Morgan fingerprint density at radius 1 is 1.00 bits per heavy atom. The third-order valence-electron chi connectivity index (χ3n) is 4.99. The Balaban J connectivity index is 1.56. The molecule has 3 nitrogen and oxygen atoms in total. The van der Waals surface area contributed by atoms with Gasteiger partial charge < -0.3 is 0 Å². The summed E-state index contributed by atoms with van der Waals surface area (Å²) >= 11 is 0. The van der Waals surface area contributed by atoms with E-state index in [2.05, 4.69) is 72.3 Å². The van der Waals surface area contributed by atoms with Crippen molar-refractivity contribution >= 4 is 0 Å². The predicted octanol–water partition coefficient (Wildman–Crippen LogP) is 4.32. The van der Waals surface area contributed by atoms with Crippen LogP contribution in [-0.4, -0.2) is 21.4 Å². The Kier molecular flexibility index (Phi) is 4.33. The van der Waals surface area contributed by atoms with E-state index < -0.39 is 0 Å². The zero-order valence-electron chi connectivity index (χ0n) is 14.9. The lowest BCUT2D eigenvalue weighted by Crippen LogP contribution is -2.31. The first-order valence-electron chi connectivity index (χ1n) is 8.88. The number of rotatable bonds is 3. The Labute approximate surface area is 149 Å². The van der Waals surface area contributed by atoms with Crippen LogP contribution in [0.4, 0.5) is 0 Å². The number of nitrogens with zero attached hydrogens (tertiary/aromatic N) is 3. The molecule has 0 N–H and O–H groups in total. The second kappa shape index (κ2) is 6.77.